The van der Waals surface area contributed by atoms with E-state index in [1.165, 1.54) is 0 Å². The molecular weight excluding hydrogens is 330 g/mol. The van der Waals surface area contributed by atoms with Crippen LogP contribution in [0, 0.1) is 0 Å². The largest absolute Gasteiger partial charge is 0.346 e. The van der Waals surface area contributed by atoms with Crippen LogP contribution in [0.1, 0.15) is 34.9 Å². The SMILES string of the molecule is O=C(NCc1cccnc1-n1ccnc1)c1ccn(C2CCCNC2)n1. The van der Waals surface area contributed by atoms with E-state index in [1.807, 2.05) is 33.8 Å². The van der Waals surface area contributed by atoms with Crippen molar-refractivity contribution >= 4 is 5.91 Å². The molecule has 1 amide bonds. The standard InChI is InChI=1S/C18H21N7O/c26-18(16-5-9-25(23-16)15-4-2-6-19-12-15)22-11-14-3-1-7-21-17(14)24-10-8-20-13-24/h1,3,5,7-10,13,15,19H,2,4,6,11-12H2,(H,22,26). The van der Waals surface area contributed by atoms with Gasteiger partial charge in [-0.3, -0.25) is 14.0 Å². The van der Waals surface area contributed by atoms with Crippen molar-refractivity contribution in [2.75, 3.05) is 13.1 Å². The normalized spacial score (nSPS) is 17.2. The zero-order chi connectivity index (χ0) is 17.8. The van der Waals surface area contributed by atoms with Crippen LogP contribution in [-0.4, -0.2) is 43.3 Å². The maximum Gasteiger partial charge on any atom is 0.272 e. The van der Waals surface area contributed by atoms with E-state index in [9.17, 15) is 4.79 Å². The number of carbonyl (C=O) groups is 1. The van der Waals surface area contributed by atoms with Gasteiger partial charge in [0.1, 0.15) is 17.8 Å². The summed E-state index contributed by atoms with van der Waals surface area (Å²) < 4.78 is 3.72. The lowest BCUT2D eigenvalue weighted by Crippen LogP contribution is -2.32. The van der Waals surface area contributed by atoms with Crippen molar-refractivity contribution in [3.8, 4) is 5.82 Å². The van der Waals surface area contributed by atoms with Crippen LogP contribution in [0.4, 0.5) is 0 Å². The summed E-state index contributed by atoms with van der Waals surface area (Å²) in [6.45, 7) is 2.32. The van der Waals surface area contributed by atoms with Gasteiger partial charge < -0.3 is 10.6 Å². The van der Waals surface area contributed by atoms with E-state index in [2.05, 4.69) is 25.7 Å². The molecule has 1 saturated heterocycles. The lowest BCUT2D eigenvalue weighted by Gasteiger charge is -2.22. The average Bonchev–Trinajstić information content (AvgIpc) is 3.39. The minimum Gasteiger partial charge on any atom is -0.346 e. The summed E-state index contributed by atoms with van der Waals surface area (Å²) >= 11 is 0. The minimum absolute atomic E-state index is 0.187. The van der Waals surface area contributed by atoms with Gasteiger partial charge >= 0.3 is 0 Å². The van der Waals surface area contributed by atoms with Gasteiger partial charge in [0.2, 0.25) is 0 Å². The number of nitrogens with zero attached hydrogens (tertiary/aromatic N) is 5. The highest BCUT2D eigenvalue weighted by atomic mass is 16.1. The molecule has 0 spiro atoms. The number of imidazole rings is 1. The molecule has 0 radical (unpaired) electrons. The molecule has 0 aliphatic carbocycles. The van der Waals surface area contributed by atoms with Crippen molar-refractivity contribution < 1.29 is 4.79 Å². The van der Waals surface area contributed by atoms with Gasteiger partial charge in [-0.05, 0) is 31.5 Å². The Morgan fingerprint density at radius 3 is 3.08 bits per heavy atom. The van der Waals surface area contributed by atoms with E-state index in [-0.39, 0.29) is 5.91 Å². The Morgan fingerprint density at radius 2 is 2.27 bits per heavy atom. The van der Waals surface area contributed by atoms with Crippen molar-refractivity contribution in [2.24, 2.45) is 0 Å². The predicted octanol–water partition coefficient (Wildman–Crippen LogP) is 1.32. The molecule has 1 atom stereocenters. The molecule has 4 heterocycles. The molecule has 3 aromatic heterocycles. The third kappa shape index (κ3) is 3.50. The Morgan fingerprint density at radius 1 is 1.31 bits per heavy atom. The third-order valence-electron chi connectivity index (χ3n) is 4.54. The van der Waals surface area contributed by atoms with Crippen LogP contribution in [0.15, 0.2) is 49.3 Å². The van der Waals surface area contributed by atoms with E-state index in [0.29, 0.717) is 18.3 Å². The molecule has 1 aliphatic rings. The number of amides is 1. The fourth-order valence-electron chi connectivity index (χ4n) is 3.17. The second kappa shape index (κ2) is 7.49. The first-order chi connectivity index (χ1) is 12.8. The monoisotopic (exact) mass is 351 g/mol. The molecule has 0 bridgehead atoms. The van der Waals surface area contributed by atoms with Crippen molar-refractivity contribution in [2.45, 2.75) is 25.4 Å². The summed E-state index contributed by atoms with van der Waals surface area (Å²) in [5, 5.41) is 10.7. The number of hydrogen-bond donors (Lipinski definition) is 2. The highest BCUT2D eigenvalue weighted by molar-refractivity contribution is 5.92. The molecule has 26 heavy (non-hydrogen) atoms. The first-order valence-corrected chi connectivity index (χ1v) is 8.77. The minimum atomic E-state index is -0.187. The van der Waals surface area contributed by atoms with Crippen LogP contribution >= 0.6 is 0 Å². The fourth-order valence-corrected chi connectivity index (χ4v) is 3.17. The first kappa shape index (κ1) is 16.5. The van der Waals surface area contributed by atoms with Crippen molar-refractivity contribution in [3.63, 3.8) is 0 Å². The van der Waals surface area contributed by atoms with Crippen LogP contribution in [0.3, 0.4) is 0 Å². The molecule has 2 N–H and O–H groups in total. The molecule has 1 aliphatic heterocycles. The number of rotatable bonds is 5. The van der Waals surface area contributed by atoms with Gasteiger partial charge in [0, 0.05) is 43.4 Å². The second-order valence-electron chi connectivity index (χ2n) is 6.32. The molecule has 4 rings (SSSR count). The fraction of sp³-hybridized carbons (Fsp3) is 0.333. The molecular formula is C18H21N7O. The van der Waals surface area contributed by atoms with Gasteiger partial charge in [0.05, 0.1) is 6.04 Å². The van der Waals surface area contributed by atoms with Crippen LogP contribution in [0.5, 0.6) is 0 Å². The Hall–Kier alpha value is -3.00. The van der Waals surface area contributed by atoms with Gasteiger partial charge in [-0.25, -0.2) is 9.97 Å². The number of aromatic nitrogens is 5. The van der Waals surface area contributed by atoms with E-state index < -0.39 is 0 Å². The summed E-state index contributed by atoms with van der Waals surface area (Å²) in [6, 6.07) is 5.88. The van der Waals surface area contributed by atoms with Gasteiger partial charge in [-0.2, -0.15) is 5.10 Å². The van der Waals surface area contributed by atoms with Crippen LogP contribution in [-0.2, 0) is 6.54 Å². The highest BCUT2D eigenvalue weighted by Gasteiger charge is 2.18. The maximum absolute atomic E-state index is 12.5. The summed E-state index contributed by atoms with van der Waals surface area (Å²) in [4.78, 5) is 20.9. The topological polar surface area (TPSA) is 89.7 Å². The number of piperidine rings is 1. The maximum atomic E-state index is 12.5. The van der Waals surface area contributed by atoms with E-state index in [1.54, 1.807) is 24.8 Å². The molecule has 134 valence electrons. The van der Waals surface area contributed by atoms with E-state index in [0.717, 1.165) is 37.3 Å². The zero-order valence-corrected chi connectivity index (χ0v) is 14.4. The van der Waals surface area contributed by atoms with Crippen molar-refractivity contribution in [3.05, 3.63) is 60.6 Å². The highest BCUT2D eigenvalue weighted by Crippen LogP contribution is 2.16. The van der Waals surface area contributed by atoms with Crippen molar-refractivity contribution in [1.29, 1.82) is 0 Å². The number of nitrogens with one attached hydrogen (secondary N) is 2. The number of carbonyl (C=O) groups excluding carboxylic acids is 1. The Balaban J connectivity index is 1.43. The Labute approximate surface area is 151 Å². The van der Waals surface area contributed by atoms with E-state index >= 15 is 0 Å². The third-order valence-corrected chi connectivity index (χ3v) is 4.54. The second-order valence-corrected chi connectivity index (χ2v) is 6.32. The van der Waals surface area contributed by atoms with Crippen LogP contribution in [0.25, 0.3) is 5.82 Å². The Kier molecular flexibility index (Phi) is 4.74. The smallest absolute Gasteiger partial charge is 0.272 e. The molecule has 1 fully saturated rings. The van der Waals surface area contributed by atoms with Gasteiger partial charge in [0.25, 0.3) is 5.91 Å². The summed E-state index contributed by atoms with van der Waals surface area (Å²) in [5.74, 6) is 0.567. The van der Waals surface area contributed by atoms with Gasteiger partial charge in [-0.15, -0.1) is 0 Å². The molecule has 3 aromatic rings. The van der Waals surface area contributed by atoms with Crippen molar-refractivity contribution in [1.82, 2.24) is 34.9 Å². The first-order valence-electron chi connectivity index (χ1n) is 8.77. The van der Waals surface area contributed by atoms with Gasteiger partial charge in [0.15, 0.2) is 0 Å². The summed E-state index contributed by atoms with van der Waals surface area (Å²) in [5.41, 5.74) is 1.35. The molecule has 0 saturated carbocycles. The van der Waals surface area contributed by atoms with Crippen LogP contribution in [0.2, 0.25) is 0 Å². The lowest BCUT2D eigenvalue weighted by molar-refractivity contribution is 0.0944. The molecule has 8 heteroatoms. The average molecular weight is 351 g/mol. The Bertz CT molecular complexity index is 865. The number of pyridine rings is 1. The molecule has 0 aromatic carbocycles. The molecule has 8 nitrogen and oxygen atoms in total. The van der Waals surface area contributed by atoms with E-state index in [4.69, 9.17) is 0 Å². The summed E-state index contributed by atoms with van der Waals surface area (Å²) in [6.07, 6.45) is 11.0. The zero-order valence-electron chi connectivity index (χ0n) is 14.4. The van der Waals surface area contributed by atoms with Crippen LogP contribution < -0.4 is 10.6 Å². The number of hydrogen-bond acceptors (Lipinski definition) is 5. The lowest BCUT2D eigenvalue weighted by atomic mass is 10.1. The quantitative estimate of drug-likeness (QED) is 0.724. The predicted molar refractivity (Wildman–Crippen MR) is 95.9 cm³/mol. The van der Waals surface area contributed by atoms with Gasteiger partial charge in [-0.1, -0.05) is 6.07 Å². The summed E-state index contributed by atoms with van der Waals surface area (Å²) in [7, 11) is 0. The molecule has 1 unspecified atom stereocenters.